The molecule has 0 aliphatic rings. The van der Waals surface area contributed by atoms with Gasteiger partial charge in [0.2, 0.25) is 0 Å². The molecular weight excluding hydrogens is 216 g/mol. The quantitative estimate of drug-likeness (QED) is 0.609. The van der Waals surface area contributed by atoms with Crippen LogP contribution in [0.3, 0.4) is 0 Å². The number of hydrogen-bond acceptors (Lipinski definition) is 0. The predicted octanol–water partition coefficient (Wildman–Crippen LogP) is 5.89. The zero-order chi connectivity index (χ0) is 14.2. The van der Waals surface area contributed by atoms with Gasteiger partial charge in [-0.1, -0.05) is 79.2 Å². The highest BCUT2D eigenvalue weighted by Crippen LogP contribution is 2.30. The van der Waals surface area contributed by atoms with Crippen LogP contribution in [0.2, 0.25) is 0 Å². The summed E-state index contributed by atoms with van der Waals surface area (Å²) in [5, 5.41) is 0. The van der Waals surface area contributed by atoms with Gasteiger partial charge in [-0.05, 0) is 35.3 Å². The highest BCUT2D eigenvalue weighted by Gasteiger charge is 2.22. The normalized spacial score (nSPS) is 11.1. The Bertz CT molecular complexity index is 303. The van der Waals surface area contributed by atoms with Crippen molar-refractivity contribution < 1.29 is 0 Å². The summed E-state index contributed by atoms with van der Waals surface area (Å²) in [6, 6.07) is 9.18. The van der Waals surface area contributed by atoms with Crippen molar-refractivity contribution in [2.24, 2.45) is 11.3 Å². The van der Waals surface area contributed by atoms with Crippen molar-refractivity contribution in [3.8, 4) is 0 Å². The Labute approximate surface area is 115 Å². The molecule has 0 saturated heterocycles. The molecule has 0 nitrogen and oxygen atoms in total. The van der Waals surface area contributed by atoms with E-state index in [1.54, 1.807) is 0 Å². The van der Waals surface area contributed by atoms with Gasteiger partial charge in [0.25, 0.3) is 0 Å². The standard InChI is InChI=1S/C16H26.C2H6/c1-6-7-14-8-10-15(11-9-14)12-16(4,5)13(2)3;1-2/h8-11,13H,6-7,12H2,1-5H3;1-2H3. The largest absolute Gasteiger partial charge is 0.0683 e. The molecule has 18 heavy (non-hydrogen) atoms. The molecule has 0 saturated carbocycles. The van der Waals surface area contributed by atoms with Gasteiger partial charge in [-0.25, -0.2) is 0 Å². The minimum atomic E-state index is 0.395. The first-order valence-corrected chi connectivity index (χ1v) is 7.53. The Balaban J connectivity index is 0.00000137. The molecule has 0 unspecified atom stereocenters. The fraction of sp³-hybridized carbons (Fsp3) is 0.667. The summed E-state index contributed by atoms with van der Waals surface area (Å²) in [7, 11) is 0. The van der Waals surface area contributed by atoms with E-state index in [2.05, 4.69) is 58.9 Å². The van der Waals surface area contributed by atoms with Crippen LogP contribution in [0.4, 0.5) is 0 Å². The van der Waals surface area contributed by atoms with Crippen LogP contribution in [0.25, 0.3) is 0 Å². The maximum Gasteiger partial charge on any atom is -0.0225 e. The van der Waals surface area contributed by atoms with E-state index >= 15 is 0 Å². The van der Waals surface area contributed by atoms with Gasteiger partial charge < -0.3 is 0 Å². The monoisotopic (exact) mass is 248 g/mol. The van der Waals surface area contributed by atoms with Crippen molar-refractivity contribution in [1.29, 1.82) is 0 Å². The number of rotatable bonds is 5. The molecule has 0 N–H and O–H groups in total. The Morgan fingerprint density at radius 3 is 1.78 bits per heavy atom. The van der Waals surface area contributed by atoms with E-state index in [9.17, 15) is 0 Å². The van der Waals surface area contributed by atoms with Crippen LogP contribution >= 0.6 is 0 Å². The molecule has 104 valence electrons. The minimum Gasteiger partial charge on any atom is -0.0683 e. The van der Waals surface area contributed by atoms with Crippen molar-refractivity contribution in [2.45, 2.75) is 67.7 Å². The van der Waals surface area contributed by atoms with Crippen molar-refractivity contribution in [1.82, 2.24) is 0 Å². The molecule has 1 aromatic carbocycles. The first-order valence-electron chi connectivity index (χ1n) is 7.53. The van der Waals surface area contributed by atoms with E-state index in [4.69, 9.17) is 0 Å². The number of benzene rings is 1. The fourth-order valence-corrected chi connectivity index (χ4v) is 1.84. The summed E-state index contributed by atoms with van der Waals surface area (Å²) >= 11 is 0. The molecule has 1 rings (SSSR count). The highest BCUT2D eigenvalue weighted by molar-refractivity contribution is 5.23. The van der Waals surface area contributed by atoms with Gasteiger partial charge in [0.1, 0.15) is 0 Å². The van der Waals surface area contributed by atoms with Crippen LogP contribution in [0, 0.1) is 11.3 Å². The Morgan fingerprint density at radius 2 is 1.39 bits per heavy atom. The van der Waals surface area contributed by atoms with Crippen LogP contribution < -0.4 is 0 Å². The van der Waals surface area contributed by atoms with Crippen LogP contribution in [-0.2, 0) is 12.8 Å². The Hall–Kier alpha value is -0.780. The molecular formula is C18H32. The summed E-state index contributed by atoms with van der Waals surface area (Å²) in [6.07, 6.45) is 3.61. The van der Waals surface area contributed by atoms with E-state index in [-0.39, 0.29) is 0 Å². The first-order chi connectivity index (χ1) is 8.45. The molecule has 0 fully saturated rings. The van der Waals surface area contributed by atoms with E-state index < -0.39 is 0 Å². The maximum absolute atomic E-state index is 2.36. The van der Waals surface area contributed by atoms with Crippen LogP contribution in [-0.4, -0.2) is 0 Å². The van der Waals surface area contributed by atoms with Gasteiger partial charge in [0.05, 0.1) is 0 Å². The molecule has 0 aliphatic heterocycles. The summed E-state index contributed by atoms with van der Waals surface area (Å²) < 4.78 is 0. The topological polar surface area (TPSA) is 0 Å². The third-order valence-electron chi connectivity index (χ3n) is 3.78. The average Bonchev–Trinajstić information content (AvgIpc) is 2.34. The summed E-state index contributed by atoms with van der Waals surface area (Å²) in [5.41, 5.74) is 3.33. The van der Waals surface area contributed by atoms with E-state index in [1.165, 1.54) is 30.4 Å². The van der Waals surface area contributed by atoms with Gasteiger partial charge >= 0.3 is 0 Å². The van der Waals surface area contributed by atoms with Gasteiger partial charge in [0, 0.05) is 0 Å². The van der Waals surface area contributed by atoms with Crippen LogP contribution in [0.5, 0.6) is 0 Å². The maximum atomic E-state index is 2.36. The average molecular weight is 248 g/mol. The highest BCUT2D eigenvalue weighted by atomic mass is 14.3. The molecule has 0 bridgehead atoms. The van der Waals surface area contributed by atoms with Gasteiger partial charge in [-0.15, -0.1) is 0 Å². The van der Waals surface area contributed by atoms with E-state index in [0.29, 0.717) is 5.41 Å². The van der Waals surface area contributed by atoms with Crippen molar-refractivity contribution in [2.75, 3.05) is 0 Å². The number of hydrogen-bond donors (Lipinski definition) is 0. The van der Waals surface area contributed by atoms with Gasteiger partial charge in [0.15, 0.2) is 0 Å². The van der Waals surface area contributed by atoms with Crippen molar-refractivity contribution >= 4 is 0 Å². The summed E-state index contributed by atoms with van der Waals surface area (Å²) in [5.74, 6) is 0.725. The minimum absolute atomic E-state index is 0.395. The molecule has 0 atom stereocenters. The number of aryl methyl sites for hydroxylation is 1. The molecule has 0 spiro atoms. The van der Waals surface area contributed by atoms with Gasteiger partial charge in [-0.3, -0.25) is 0 Å². The molecule has 0 radical (unpaired) electrons. The molecule has 0 amide bonds. The lowest BCUT2D eigenvalue weighted by Crippen LogP contribution is -2.21. The van der Waals surface area contributed by atoms with Crippen LogP contribution in [0.15, 0.2) is 24.3 Å². The molecule has 0 heteroatoms. The van der Waals surface area contributed by atoms with Gasteiger partial charge in [-0.2, -0.15) is 0 Å². The predicted molar refractivity (Wildman–Crippen MR) is 84.1 cm³/mol. The molecule has 0 aliphatic carbocycles. The molecule has 0 heterocycles. The second-order valence-corrected chi connectivity index (χ2v) is 5.89. The smallest absolute Gasteiger partial charge is 0.0225 e. The molecule has 0 aromatic heterocycles. The summed E-state index contributed by atoms with van der Waals surface area (Å²) in [4.78, 5) is 0. The Morgan fingerprint density at radius 1 is 0.944 bits per heavy atom. The second kappa shape index (κ2) is 8.34. The summed E-state index contributed by atoms with van der Waals surface area (Å²) in [6.45, 7) is 15.6. The molecule has 1 aromatic rings. The zero-order valence-electron chi connectivity index (χ0n) is 13.5. The van der Waals surface area contributed by atoms with Crippen molar-refractivity contribution in [3.05, 3.63) is 35.4 Å². The zero-order valence-corrected chi connectivity index (χ0v) is 13.5. The lowest BCUT2D eigenvalue weighted by Gasteiger charge is -2.29. The Kier molecular flexibility index (Phi) is 7.98. The lowest BCUT2D eigenvalue weighted by atomic mass is 9.76. The first kappa shape index (κ1) is 17.2. The van der Waals surface area contributed by atoms with E-state index in [1.807, 2.05) is 13.8 Å². The third-order valence-corrected chi connectivity index (χ3v) is 3.78. The fourth-order valence-electron chi connectivity index (χ4n) is 1.84. The SMILES string of the molecule is CC.CCCc1ccc(CC(C)(C)C(C)C)cc1. The third kappa shape index (κ3) is 5.71. The van der Waals surface area contributed by atoms with E-state index in [0.717, 1.165) is 5.92 Å². The van der Waals surface area contributed by atoms with Crippen LogP contribution in [0.1, 0.15) is 66.0 Å². The second-order valence-electron chi connectivity index (χ2n) is 5.89. The van der Waals surface area contributed by atoms with Crippen molar-refractivity contribution in [3.63, 3.8) is 0 Å². The lowest BCUT2D eigenvalue weighted by molar-refractivity contribution is 0.248.